The minimum absolute atomic E-state index is 0.0324. The summed E-state index contributed by atoms with van der Waals surface area (Å²) in [4.78, 5) is 76.2. The second-order valence-electron chi connectivity index (χ2n) is 13.0. The van der Waals surface area contributed by atoms with E-state index in [-0.39, 0.29) is 41.7 Å². The summed E-state index contributed by atoms with van der Waals surface area (Å²) in [6.45, 7) is 4.72. The van der Waals surface area contributed by atoms with E-state index in [0.29, 0.717) is 24.6 Å². The van der Waals surface area contributed by atoms with E-state index in [9.17, 15) is 53.1 Å². The highest BCUT2D eigenvalue weighted by atomic mass is 32.1. The van der Waals surface area contributed by atoms with E-state index in [1.165, 1.54) is 13.8 Å². The van der Waals surface area contributed by atoms with Crippen LogP contribution in [-0.4, -0.2) is 118 Å². The first-order chi connectivity index (χ1) is 24.9. The summed E-state index contributed by atoms with van der Waals surface area (Å²) in [5.41, 5.74) is 4.59. The fourth-order valence-corrected chi connectivity index (χ4v) is 7.68. The minimum Gasteiger partial charge on any atom is -0.386 e. The Kier molecular flexibility index (Phi) is 16.3. The Morgan fingerprint density at radius 2 is 1.78 bits per heavy atom. The maximum atomic E-state index is 12.7. The number of nitrogens with two attached hydrogens (primary N) is 1. The molecule has 54 heavy (non-hydrogen) atoms. The smallest absolute Gasteiger partial charge is 0.386 e. The van der Waals surface area contributed by atoms with Gasteiger partial charge in [0.2, 0.25) is 11.8 Å². The summed E-state index contributed by atoms with van der Waals surface area (Å²) >= 11 is 3.96. The highest BCUT2D eigenvalue weighted by molar-refractivity contribution is 7.80. The molecule has 0 aliphatic carbocycles. The van der Waals surface area contributed by atoms with Gasteiger partial charge in [0.15, 0.2) is 23.5 Å². The number of fused-ring (bicyclic) bond motifs is 1. The number of hydrogen-bond acceptors (Lipinski definition) is 17. The van der Waals surface area contributed by atoms with Gasteiger partial charge >= 0.3 is 23.5 Å². The van der Waals surface area contributed by atoms with E-state index in [2.05, 4.69) is 42.5 Å². The molecule has 7 atom stereocenters. The lowest BCUT2D eigenvalue weighted by molar-refractivity contribution is -0.137. The van der Waals surface area contributed by atoms with Crippen LogP contribution in [-0.2, 0) is 45.9 Å². The Bertz CT molecular complexity index is 1790. The van der Waals surface area contributed by atoms with Crippen molar-refractivity contribution in [3.8, 4) is 0 Å². The highest BCUT2D eigenvalue weighted by Crippen LogP contribution is 2.61. The van der Waals surface area contributed by atoms with Gasteiger partial charge in [-0.1, -0.05) is 33.8 Å². The van der Waals surface area contributed by atoms with Gasteiger partial charge in [0.25, 0.3) is 0 Å². The SMILES string of the molecule is CC(C)CC=Cc1nc(N)c2ncn([C@@H]3O[C@H](COP(=O)(O)OP(=O)(O)OCC(C)(C)[C@@H](O)C(=O)NCCC(=O)NCCS)[C@@H](OP(=O)(O)O)[C@H]3O)c2n1. The summed E-state index contributed by atoms with van der Waals surface area (Å²) in [5.74, 6) is -0.430. The first-order valence-electron chi connectivity index (χ1n) is 16.2. The number of amides is 2. The number of aliphatic hydroxyl groups is 2. The predicted molar refractivity (Wildman–Crippen MR) is 192 cm³/mol. The number of nitrogen functional groups attached to an aromatic ring is 1. The van der Waals surface area contributed by atoms with Gasteiger partial charge in [-0.3, -0.25) is 27.7 Å². The third-order valence-electron chi connectivity index (χ3n) is 7.46. The van der Waals surface area contributed by atoms with Crippen LogP contribution in [0.1, 0.15) is 52.6 Å². The number of allylic oxidation sites excluding steroid dienone is 1. The molecule has 2 aromatic rings. The Hall–Kier alpha value is -2.37. The summed E-state index contributed by atoms with van der Waals surface area (Å²) in [5, 5.41) is 26.4. The maximum absolute atomic E-state index is 12.7. The number of rotatable bonds is 21. The highest BCUT2D eigenvalue weighted by Gasteiger charge is 2.50. The molecule has 306 valence electrons. The van der Waals surface area contributed by atoms with Gasteiger partial charge in [-0.2, -0.15) is 16.9 Å². The van der Waals surface area contributed by atoms with Crippen LogP contribution in [0.3, 0.4) is 0 Å². The van der Waals surface area contributed by atoms with Crippen molar-refractivity contribution >= 4 is 71.0 Å². The number of aromatic nitrogens is 4. The largest absolute Gasteiger partial charge is 0.481 e. The lowest BCUT2D eigenvalue weighted by atomic mass is 9.87. The summed E-state index contributed by atoms with van der Waals surface area (Å²) < 4.78 is 62.6. The lowest BCUT2D eigenvalue weighted by Crippen LogP contribution is -2.46. The minimum atomic E-state index is -5.57. The summed E-state index contributed by atoms with van der Waals surface area (Å²) in [6.07, 6.45) is -3.78. The van der Waals surface area contributed by atoms with Crippen LogP contribution >= 0.6 is 36.1 Å². The number of nitrogens with zero attached hydrogens (tertiary/aromatic N) is 4. The van der Waals surface area contributed by atoms with Gasteiger partial charge < -0.3 is 50.9 Å². The molecule has 2 aromatic heterocycles. The monoisotopic (exact) mass is 849 g/mol. The van der Waals surface area contributed by atoms with Crippen molar-refractivity contribution in [1.29, 1.82) is 0 Å². The van der Waals surface area contributed by atoms with Crippen molar-refractivity contribution < 1.29 is 75.7 Å². The first-order valence-corrected chi connectivity index (χ1v) is 21.3. The molecular weight excluding hydrogens is 803 g/mol. The van der Waals surface area contributed by atoms with Crippen LogP contribution in [0.15, 0.2) is 12.4 Å². The first kappa shape index (κ1) is 46.0. The number of carbonyl (C=O) groups excluding carboxylic acids is 2. The average molecular weight is 850 g/mol. The normalized spacial score (nSPS) is 22.4. The molecule has 1 fully saturated rings. The van der Waals surface area contributed by atoms with Gasteiger partial charge in [0.1, 0.15) is 29.9 Å². The second kappa shape index (κ2) is 19.2. The van der Waals surface area contributed by atoms with Crippen molar-refractivity contribution in [1.82, 2.24) is 30.2 Å². The fraction of sp³-hybridized carbons (Fsp3) is 0.667. The zero-order valence-corrected chi connectivity index (χ0v) is 33.1. The van der Waals surface area contributed by atoms with Crippen molar-refractivity contribution in [2.45, 2.75) is 71.2 Å². The second-order valence-corrected chi connectivity index (χ2v) is 17.7. The molecule has 1 aliphatic rings. The molecular formula is C27H46N7O16P3S. The Labute approximate surface area is 314 Å². The standard InChI is InChI=1S/C27H46N7O16P3S/c1-15(2)6-5-7-17-32-23(28)19-24(33-17)34(14-31-19)26-20(36)21(49-51(39,40)41)16(48-26)12-46-52(42,43)50-53(44,45)47-13-27(3,4)22(37)25(38)30-9-8-18(35)29-10-11-54/h5,7,14-16,20-22,26,36-37,54H,6,8-13H2,1-4H3,(H,29,35)(H,30,38)(H,42,43)(H,44,45)(H2,28,32,33)(H2,39,40,41)/t16-,20-,21-,22+,26-/m1/s1. The zero-order valence-electron chi connectivity index (χ0n) is 29.6. The number of imidazole rings is 1. The van der Waals surface area contributed by atoms with Crippen LogP contribution in [0.4, 0.5) is 5.82 Å². The molecule has 3 heterocycles. The molecule has 10 N–H and O–H groups in total. The molecule has 1 aliphatic heterocycles. The quantitative estimate of drug-likeness (QED) is 0.0600. The molecule has 0 radical (unpaired) electrons. The molecule has 3 rings (SSSR count). The van der Waals surface area contributed by atoms with E-state index in [1.807, 2.05) is 19.9 Å². The molecule has 0 spiro atoms. The number of hydrogen-bond donors (Lipinski definition) is 10. The Balaban J connectivity index is 1.68. The molecule has 23 nitrogen and oxygen atoms in total. The van der Waals surface area contributed by atoms with Gasteiger partial charge in [-0.05, 0) is 18.4 Å². The van der Waals surface area contributed by atoms with Gasteiger partial charge in [0.05, 0.1) is 19.5 Å². The fourth-order valence-electron chi connectivity index (χ4n) is 4.74. The molecule has 0 bridgehead atoms. The number of nitrogens with one attached hydrogen (secondary N) is 2. The number of phosphoric acid groups is 3. The molecule has 2 unspecified atom stereocenters. The van der Waals surface area contributed by atoms with E-state index in [4.69, 9.17) is 24.0 Å². The van der Waals surface area contributed by atoms with Gasteiger partial charge in [-0.25, -0.2) is 28.6 Å². The van der Waals surface area contributed by atoms with Crippen LogP contribution < -0.4 is 16.4 Å². The topological polar surface area (TPSA) is 347 Å². The van der Waals surface area contributed by atoms with Gasteiger partial charge in [0, 0.05) is 30.7 Å². The maximum Gasteiger partial charge on any atom is 0.481 e. The molecule has 0 saturated carbocycles. The van der Waals surface area contributed by atoms with Crippen molar-refractivity contribution in [3.63, 3.8) is 0 Å². The molecule has 27 heteroatoms. The van der Waals surface area contributed by atoms with Crippen molar-refractivity contribution in [3.05, 3.63) is 18.2 Å². The molecule has 0 aromatic carbocycles. The number of thiol groups is 1. The number of phosphoric ester groups is 3. The van der Waals surface area contributed by atoms with Crippen LogP contribution in [0, 0.1) is 11.3 Å². The third kappa shape index (κ3) is 13.7. The predicted octanol–water partition coefficient (Wildman–Crippen LogP) is 0.394. The number of anilines is 1. The Morgan fingerprint density at radius 3 is 2.41 bits per heavy atom. The average Bonchev–Trinajstić information content (AvgIpc) is 3.60. The van der Waals surface area contributed by atoms with Crippen molar-refractivity contribution in [2.75, 3.05) is 37.8 Å². The lowest BCUT2D eigenvalue weighted by Gasteiger charge is -2.30. The summed E-state index contributed by atoms with van der Waals surface area (Å²) in [6, 6.07) is 0. The van der Waals surface area contributed by atoms with Crippen LogP contribution in [0.5, 0.6) is 0 Å². The number of aliphatic hydroxyl groups excluding tert-OH is 2. The van der Waals surface area contributed by atoms with E-state index in [1.54, 1.807) is 6.08 Å². The van der Waals surface area contributed by atoms with E-state index in [0.717, 1.165) is 10.9 Å². The van der Waals surface area contributed by atoms with Crippen LogP contribution in [0.25, 0.3) is 17.2 Å². The van der Waals surface area contributed by atoms with E-state index >= 15 is 0 Å². The Morgan fingerprint density at radius 1 is 1.11 bits per heavy atom. The third-order valence-corrected chi connectivity index (χ3v) is 10.8. The van der Waals surface area contributed by atoms with Crippen molar-refractivity contribution in [2.24, 2.45) is 11.3 Å². The van der Waals surface area contributed by atoms with Gasteiger partial charge in [-0.15, -0.1) is 0 Å². The summed E-state index contributed by atoms with van der Waals surface area (Å²) in [7, 11) is -16.4. The zero-order chi connectivity index (χ0) is 40.6. The number of ether oxygens (including phenoxy) is 1. The molecule has 1 saturated heterocycles. The molecule has 2 amide bonds. The van der Waals surface area contributed by atoms with E-state index < -0.39 is 78.6 Å². The van der Waals surface area contributed by atoms with Crippen LogP contribution in [0.2, 0.25) is 0 Å². The number of carbonyl (C=O) groups is 2.